The van der Waals surface area contributed by atoms with E-state index < -0.39 is 0 Å². The molecule has 3 nitrogen and oxygen atoms in total. The predicted octanol–water partition coefficient (Wildman–Crippen LogP) is 3.36. The lowest BCUT2D eigenvalue weighted by molar-refractivity contribution is 0.633. The molecule has 2 unspecified atom stereocenters. The molecule has 1 aliphatic heterocycles. The van der Waals surface area contributed by atoms with Crippen LogP contribution in [0.4, 0.5) is 5.69 Å². The quantitative estimate of drug-likeness (QED) is 0.931. The zero-order chi connectivity index (χ0) is 14.7. The smallest absolute Gasteiger partial charge is 0.0571 e. The summed E-state index contributed by atoms with van der Waals surface area (Å²) in [4.78, 5) is 7.03. The summed E-state index contributed by atoms with van der Waals surface area (Å²) in [5.41, 5.74) is 3.79. The van der Waals surface area contributed by atoms with Gasteiger partial charge in [-0.2, -0.15) is 0 Å². The minimum Gasteiger partial charge on any atom is -0.370 e. The van der Waals surface area contributed by atoms with Crippen LogP contribution in [-0.4, -0.2) is 25.1 Å². The van der Waals surface area contributed by atoms with Crippen LogP contribution in [0.1, 0.15) is 36.6 Å². The summed E-state index contributed by atoms with van der Waals surface area (Å²) in [5.74, 6) is 0.641. The average molecular weight is 281 g/mol. The van der Waals surface area contributed by atoms with Crippen LogP contribution in [0.3, 0.4) is 0 Å². The number of anilines is 1. The molecule has 0 bridgehead atoms. The molecule has 1 aromatic carbocycles. The van der Waals surface area contributed by atoms with Gasteiger partial charge in [0.1, 0.15) is 0 Å². The van der Waals surface area contributed by atoms with Crippen molar-refractivity contribution in [3.05, 3.63) is 59.9 Å². The Morgan fingerprint density at radius 3 is 2.67 bits per heavy atom. The normalized spacial score (nSPS) is 19.7. The van der Waals surface area contributed by atoms with Crippen molar-refractivity contribution < 1.29 is 0 Å². The van der Waals surface area contributed by atoms with Crippen LogP contribution in [0.25, 0.3) is 0 Å². The zero-order valence-electron chi connectivity index (χ0n) is 12.8. The van der Waals surface area contributed by atoms with Crippen molar-refractivity contribution in [3.63, 3.8) is 0 Å². The SMILES string of the molecule is CNC(C)c1ccc(N2CCC(c3ccccc3)C2)cn1. The van der Waals surface area contributed by atoms with E-state index in [0.717, 1.165) is 18.8 Å². The van der Waals surface area contributed by atoms with E-state index in [0.29, 0.717) is 12.0 Å². The van der Waals surface area contributed by atoms with E-state index in [-0.39, 0.29) is 0 Å². The van der Waals surface area contributed by atoms with Crippen LogP contribution >= 0.6 is 0 Å². The van der Waals surface area contributed by atoms with Crippen molar-refractivity contribution >= 4 is 5.69 Å². The number of aromatic nitrogens is 1. The standard InChI is InChI=1S/C18H23N3/c1-14(19-2)18-9-8-17(12-20-18)21-11-10-16(13-21)15-6-4-3-5-7-15/h3-9,12,14,16,19H,10-11,13H2,1-2H3. The Bertz CT molecular complexity index is 565. The lowest BCUT2D eigenvalue weighted by atomic mass is 9.99. The number of hydrogen-bond donors (Lipinski definition) is 1. The third-order valence-corrected chi connectivity index (χ3v) is 4.47. The molecule has 0 aliphatic carbocycles. The van der Waals surface area contributed by atoms with Gasteiger partial charge in [-0.1, -0.05) is 30.3 Å². The third-order valence-electron chi connectivity index (χ3n) is 4.47. The minimum atomic E-state index is 0.301. The first-order valence-electron chi connectivity index (χ1n) is 7.71. The molecule has 0 saturated carbocycles. The van der Waals surface area contributed by atoms with Crippen LogP contribution in [0, 0.1) is 0 Å². The number of hydrogen-bond acceptors (Lipinski definition) is 3. The van der Waals surface area contributed by atoms with Gasteiger partial charge < -0.3 is 10.2 Å². The van der Waals surface area contributed by atoms with E-state index in [1.165, 1.54) is 17.7 Å². The summed E-state index contributed by atoms with van der Waals surface area (Å²) in [7, 11) is 1.96. The molecular formula is C18H23N3. The molecule has 0 amide bonds. The lowest BCUT2D eigenvalue weighted by Gasteiger charge is -2.19. The molecule has 3 heteroatoms. The highest BCUT2D eigenvalue weighted by Gasteiger charge is 2.24. The maximum Gasteiger partial charge on any atom is 0.0571 e. The second-order valence-corrected chi connectivity index (χ2v) is 5.79. The Labute approximate surface area is 127 Å². The van der Waals surface area contributed by atoms with Gasteiger partial charge >= 0.3 is 0 Å². The van der Waals surface area contributed by atoms with Crippen LogP contribution in [-0.2, 0) is 0 Å². The molecule has 2 aromatic rings. The first-order chi connectivity index (χ1) is 10.3. The van der Waals surface area contributed by atoms with Crippen molar-refractivity contribution in [1.82, 2.24) is 10.3 Å². The molecule has 1 N–H and O–H groups in total. The fraction of sp³-hybridized carbons (Fsp3) is 0.389. The van der Waals surface area contributed by atoms with Crippen molar-refractivity contribution in [1.29, 1.82) is 0 Å². The highest BCUT2D eigenvalue weighted by Crippen LogP contribution is 2.30. The van der Waals surface area contributed by atoms with Gasteiger partial charge in [-0.3, -0.25) is 4.98 Å². The Morgan fingerprint density at radius 2 is 2.00 bits per heavy atom. The maximum atomic E-state index is 4.59. The summed E-state index contributed by atoms with van der Waals surface area (Å²) in [6, 6.07) is 15.5. The fourth-order valence-corrected chi connectivity index (χ4v) is 2.98. The van der Waals surface area contributed by atoms with Gasteiger partial charge in [0, 0.05) is 25.0 Å². The Hall–Kier alpha value is -1.87. The van der Waals surface area contributed by atoms with E-state index >= 15 is 0 Å². The van der Waals surface area contributed by atoms with E-state index in [1.54, 1.807) is 0 Å². The minimum absolute atomic E-state index is 0.301. The van der Waals surface area contributed by atoms with E-state index in [4.69, 9.17) is 0 Å². The molecule has 3 rings (SSSR count). The van der Waals surface area contributed by atoms with Gasteiger partial charge in [-0.05, 0) is 38.1 Å². The second-order valence-electron chi connectivity index (χ2n) is 5.79. The molecular weight excluding hydrogens is 258 g/mol. The Kier molecular flexibility index (Phi) is 4.20. The second kappa shape index (κ2) is 6.27. The molecule has 1 aromatic heterocycles. The molecule has 2 atom stereocenters. The van der Waals surface area contributed by atoms with E-state index in [9.17, 15) is 0 Å². The van der Waals surface area contributed by atoms with Gasteiger partial charge in [0.05, 0.1) is 17.6 Å². The van der Waals surface area contributed by atoms with Gasteiger partial charge in [0.25, 0.3) is 0 Å². The number of nitrogens with zero attached hydrogens (tertiary/aromatic N) is 2. The maximum absolute atomic E-state index is 4.59. The first kappa shape index (κ1) is 14.1. The summed E-state index contributed by atoms with van der Waals surface area (Å²) < 4.78 is 0. The third kappa shape index (κ3) is 3.08. The summed E-state index contributed by atoms with van der Waals surface area (Å²) >= 11 is 0. The van der Waals surface area contributed by atoms with E-state index in [1.807, 2.05) is 13.2 Å². The Morgan fingerprint density at radius 1 is 1.19 bits per heavy atom. The number of benzene rings is 1. The highest BCUT2D eigenvalue weighted by atomic mass is 15.2. The number of nitrogens with one attached hydrogen (secondary N) is 1. The molecule has 21 heavy (non-hydrogen) atoms. The number of pyridine rings is 1. The van der Waals surface area contributed by atoms with Gasteiger partial charge in [-0.15, -0.1) is 0 Å². The summed E-state index contributed by atoms with van der Waals surface area (Å²) in [5, 5.41) is 3.22. The van der Waals surface area contributed by atoms with Crippen molar-refractivity contribution in [2.24, 2.45) is 0 Å². The molecule has 0 spiro atoms. The average Bonchev–Trinajstić information content (AvgIpc) is 3.05. The monoisotopic (exact) mass is 281 g/mol. The van der Waals surface area contributed by atoms with Crippen LogP contribution in [0.15, 0.2) is 48.7 Å². The summed E-state index contributed by atoms with van der Waals surface area (Å²) in [6.45, 7) is 4.33. The van der Waals surface area contributed by atoms with Crippen molar-refractivity contribution in [2.75, 3.05) is 25.0 Å². The van der Waals surface area contributed by atoms with Crippen LogP contribution in [0.2, 0.25) is 0 Å². The molecule has 110 valence electrons. The largest absolute Gasteiger partial charge is 0.370 e. The Balaban J connectivity index is 1.69. The molecule has 1 saturated heterocycles. The highest BCUT2D eigenvalue weighted by molar-refractivity contribution is 5.47. The first-order valence-corrected chi connectivity index (χ1v) is 7.71. The molecule has 1 fully saturated rings. The molecule has 2 heterocycles. The molecule has 0 radical (unpaired) electrons. The van der Waals surface area contributed by atoms with Crippen LogP contribution < -0.4 is 10.2 Å². The topological polar surface area (TPSA) is 28.2 Å². The fourth-order valence-electron chi connectivity index (χ4n) is 2.98. The predicted molar refractivity (Wildman–Crippen MR) is 87.7 cm³/mol. The van der Waals surface area contributed by atoms with Crippen molar-refractivity contribution in [3.8, 4) is 0 Å². The molecule has 1 aliphatic rings. The van der Waals surface area contributed by atoms with Gasteiger partial charge in [-0.25, -0.2) is 0 Å². The van der Waals surface area contributed by atoms with Crippen molar-refractivity contribution in [2.45, 2.75) is 25.3 Å². The number of rotatable bonds is 4. The lowest BCUT2D eigenvalue weighted by Crippen LogP contribution is -2.20. The zero-order valence-corrected chi connectivity index (χ0v) is 12.8. The van der Waals surface area contributed by atoms with Gasteiger partial charge in [0.15, 0.2) is 0 Å². The van der Waals surface area contributed by atoms with Crippen LogP contribution in [0.5, 0.6) is 0 Å². The van der Waals surface area contributed by atoms with Gasteiger partial charge in [0.2, 0.25) is 0 Å². The van der Waals surface area contributed by atoms with E-state index in [2.05, 4.69) is 64.6 Å². The summed E-state index contributed by atoms with van der Waals surface area (Å²) in [6.07, 6.45) is 3.23.